The standard InChI is InChI=1S/C7H15O3P/c1-3-7(4-2,11(8)9)6-5-10-6/h6,11H,3-5H2,1-2H3,(H,8,9). The summed E-state index contributed by atoms with van der Waals surface area (Å²) in [6.45, 7) is 4.56. The van der Waals surface area contributed by atoms with Crippen molar-refractivity contribution >= 4 is 8.03 Å². The summed E-state index contributed by atoms with van der Waals surface area (Å²) >= 11 is 0. The van der Waals surface area contributed by atoms with Gasteiger partial charge in [0, 0.05) is 0 Å². The highest BCUT2D eigenvalue weighted by atomic mass is 31.1. The molecule has 0 saturated carbocycles. The second-order valence-electron chi connectivity index (χ2n) is 2.99. The lowest BCUT2D eigenvalue weighted by molar-refractivity contribution is 0.315. The monoisotopic (exact) mass is 178 g/mol. The van der Waals surface area contributed by atoms with E-state index in [0.717, 1.165) is 12.8 Å². The Hall–Kier alpha value is 0.150. The maximum Gasteiger partial charge on any atom is 0.197 e. The molecular formula is C7H15O3P. The molecule has 1 heterocycles. The van der Waals surface area contributed by atoms with Crippen LogP contribution in [0.1, 0.15) is 26.7 Å². The lowest BCUT2D eigenvalue weighted by Crippen LogP contribution is -2.29. The highest BCUT2D eigenvalue weighted by Gasteiger charge is 2.48. The number of hydrogen-bond acceptors (Lipinski definition) is 2. The average molecular weight is 178 g/mol. The van der Waals surface area contributed by atoms with Crippen LogP contribution in [0.5, 0.6) is 0 Å². The van der Waals surface area contributed by atoms with Crippen LogP contribution in [0.4, 0.5) is 0 Å². The van der Waals surface area contributed by atoms with E-state index in [1.807, 2.05) is 13.8 Å². The maximum absolute atomic E-state index is 11.1. The molecule has 4 heteroatoms. The van der Waals surface area contributed by atoms with E-state index in [-0.39, 0.29) is 6.10 Å². The Labute approximate surface area is 67.6 Å². The molecule has 66 valence electrons. The lowest BCUT2D eigenvalue weighted by atomic mass is 9.99. The minimum Gasteiger partial charge on any atom is -0.372 e. The molecule has 3 nitrogen and oxygen atoms in total. The van der Waals surface area contributed by atoms with Crippen molar-refractivity contribution in [3.63, 3.8) is 0 Å². The van der Waals surface area contributed by atoms with Gasteiger partial charge in [0.1, 0.15) is 0 Å². The van der Waals surface area contributed by atoms with E-state index in [1.54, 1.807) is 0 Å². The van der Waals surface area contributed by atoms with Crippen LogP contribution in [0.15, 0.2) is 0 Å². The third kappa shape index (κ3) is 1.51. The van der Waals surface area contributed by atoms with E-state index in [2.05, 4.69) is 0 Å². The molecule has 2 unspecified atom stereocenters. The first-order chi connectivity index (χ1) is 5.17. The van der Waals surface area contributed by atoms with Gasteiger partial charge in [0.05, 0.1) is 17.9 Å². The molecule has 0 aromatic carbocycles. The summed E-state index contributed by atoms with van der Waals surface area (Å²) in [5.74, 6) is 0. The fraction of sp³-hybridized carbons (Fsp3) is 1.00. The molecule has 0 aromatic heterocycles. The van der Waals surface area contributed by atoms with Gasteiger partial charge in [0.2, 0.25) is 0 Å². The largest absolute Gasteiger partial charge is 0.372 e. The zero-order chi connectivity index (χ0) is 8.48. The number of epoxide rings is 1. The second kappa shape index (κ2) is 3.26. The summed E-state index contributed by atoms with van der Waals surface area (Å²) in [6.07, 6.45) is 1.53. The molecule has 1 rings (SSSR count). The molecule has 1 saturated heterocycles. The molecule has 11 heavy (non-hydrogen) atoms. The Morgan fingerprint density at radius 1 is 1.64 bits per heavy atom. The van der Waals surface area contributed by atoms with Crippen LogP contribution in [-0.4, -0.2) is 22.8 Å². The van der Waals surface area contributed by atoms with E-state index < -0.39 is 13.2 Å². The Bertz CT molecular complexity index is 161. The maximum atomic E-state index is 11.1. The Morgan fingerprint density at radius 3 is 2.18 bits per heavy atom. The molecule has 1 aliphatic rings. The fourth-order valence-corrected chi connectivity index (χ4v) is 2.56. The Balaban J connectivity index is 2.73. The molecule has 0 radical (unpaired) electrons. The summed E-state index contributed by atoms with van der Waals surface area (Å²) in [6, 6.07) is 0. The van der Waals surface area contributed by atoms with Crippen LogP contribution in [0.3, 0.4) is 0 Å². The van der Waals surface area contributed by atoms with Crippen molar-refractivity contribution in [3.8, 4) is 0 Å². The fourth-order valence-electron chi connectivity index (χ4n) is 1.51. The predicted molar refractivity (Wildman–Crippen MR) is 44.3 cm³/mol. The topological polar surface area (TPSA) is 49.8 Å². The van der Waals surface area contributed by atoms with Crippen molar-refractivity contribution in [3.05, 3.63) is 0 Å². The number of rotatable bonds is 4. The highest BCUT2D eigenvalue weighted by molar-refractivity contribution is 7.40. The third-order valence-electron chi connectivity index (χ3n) is 2.64. The summed E-state index contributed by atoms with van der Waals surface area (Å²) in [7, 11) is -2.45. The van der Waals surface area contributed by atoms with E-state index in [4.69, 9.17) is 9.63 Å². The Kier molecular flexibility index (Phi) is 2.74. The zero-order valence-corrected chi connectivity index (χ0v) is 7.96. The van der Waals surface area contributed by atoms with Gasteiger partial charge >= 0.3 is 0 Å². The van der Waals surface area contributed by atoms with Crippen molar-refractivity contribution in [2.45, 2.75) is 37.9 Å². The van der Waals surface area contributed by atoms with Crippen LogP contribution < -0.4 is 0 Å². The van der Waals surface area contributed by atoms with Crippen molar-refractivity contribution in [1.82, 2.24) is 0 Å². The van der Waals surface area contributed by atoms with Crippen molar-refractivity contribution < 1.29 is 14.2 Å². The van der Waals surface area contributed by atoms with Gasteiger partial charge in [-0.3, -0.25) is 4.57 Å². The van der Waals surface area contributed by atoms with Gasteiger partial charge in [-0.1, -0.05) is 13.8 Å². The normalized spacial score (nSPS) is 26.6. The minimum atomic E-state index is -2.45. The van der Waals surface area contributed by atoms with Crippen molar-refractivity contribution in [2.24, 2.45) is 0 Å². The molecule has 0 aliphatic carbocycles. The molecule has 1 N–H and O–H groups in total. The summed E-state index contributed by atoms with van der Waals surface area (Å²) in [5.41, 5.74) is 0. The third-order valence-corrected chi connectivity index (χ3v) is 4.52. The smallest absolute Gasteiger partial charge is 0.197 e. The molecule has 1 fully saturated rings. The van der Waals surface area contributed by atoms with Crippen LogP contribution in [0.2, 0.25) is 0 Å². The van der Waals surface area contributed by atoms with E-state index in [0.29, 0.717) is 6.61 Å². The van der Waals surface area contributed by atoms with E-state index >= 15 is 0 Å². The van der Waals surface area contributed by atoms with E-state index in [9.17, 15) is 4.57 Å². The first-order valence-corrected chi connectivity index (χ1v) is 5.38. The van der Waals surface area contributed by atoms with Gasteiger partial charge in [-0.15, -0.1) is 0 Å². The van der Waals surface area contributed by atoms with Gasteiger partial charge in [0.15, 0.2) is 8.03 Å². The number of hydrogen-bond donors (Lipinski definition) is 1. The summed E-state index contributed by atoms with van der Waals surface area (Å²) in [5, 5.41) is -0.426. The zero-order valence-electron chi connectivity index (χ0n) is 6.96. The SMILES string of the molecule is CCC(CC)(C1CO1)[PH](=O)O. The van der Waals surface area contributed by atoms with Crippen LogP contribution in [0, 0.1) is 0 Å². The van der Waals surface area contributed by atoms with Gasteiger partial charge in [-0.25, -0.2) is 0 Å². The summed E-state index contributed by atoms with van der Waals surface area (Å²) < 4.78 is 16.2. The highest BCUT2D eigenvalue weighted by Crippen LogP contribution is 2.48. The molecule has 0 amide bonds. The van der Waals surface area contributed by atoms with E-state index in [1.165, 1.54) is 0 Å². The van der Waals surface area contributed by atoms with Crippen LogP contribution >= 0.6 is 8.03 Å². The first kappa shape index (κ1) is 9.24. The van der Waals surface area contributed by atoms with Gasteiger partial charge in [0.25, 0.3) is 0 Å². The average Bonchev–Trinajstić information content (AvgIpc) is 2.74. The molecule has 2 atom stereocenters. The minimum absolute atomic E-state index is 0.0499. The van der Waals surface area contributed by atoms with Gasteiger partial charge < -0.3 is 9.63 Å². The van der Waals surface area contributed by atoms with Gasteiger partial charge in [-0.05, 0) is 12.8 Å². The molecule has 1 aliphatic heterocycles. The quantitative estimate of drug-likeness (QED) is 0.523. The van der Waals surface area contributed by atoms with Crippen molar-refractivity contribution in [1.29, 1.82) is 0 Å². The Morgan fingerprint density at radius 2 is 2.09 bits per heavy atom. The molecule has 0 spiro atoms. The van der Waals surface area contributed by atoms with Gasteiger partial charge in [-0.2, -0.15) is 0 Å². The van der Waals surface area contributed by atoms with Crippen LogP contribution in [-0.2, 0) is 9.30 Å². The summed E-state index contributed by atoms with van der Waals surface area (Å²) in [4.78, 5) is 9.14. The predicted octanol–water partition coefficient (Wildman–Crippen LogP) is 1.41. The lowest BCUT2D eigenvalue weighted by Gasteiger charge is -2.25. The first-order valence-electron chi connectivity index (χ1n) is 4.02. The molecular weight excluding hydrogens is 163 g/mol. The van der Waals surface area contributed by atoms with Crippen LogP contribution in [0.25, 0.3) is 0 Å². The van der Waals surface area contributed by atoms with Crippen molar-refractivity contribution in [2.75, 3.05) is 6.61 Å². The second-order valence-corrected chi connectivity index (χ2v) is 4.60. The molecule has 0 aromatic rings. The number of ether oxygens (including phenoxy) is 1. The molecule has 0 bridgehead atoms.